The Bertz CT molecular complexity index is 627. The summed E-state index contributed by atoms with van der Waals surface area (Å²) >= 11 is 0. The Morgan fingerprint density at radius 3 is 2.43 bits per heavy atom. The maximum Gasteiger partial charge on any atom is 0.118 e. The average molecular weight is 309 g/mol. The Morgan fingerprint density at radius 2 is 1.74 bits per heavy atom. The van der Waals surface area contributed by atoms with Gasteiger partial charge in [0, 0.05) is 12.2 Å². The molecule has 0 heterocycles. The molecule has 2 aromatic carbocycles. The van der Waals surface area contributed by atoms with E-state index in [0.717, 1.165) is 18.2 Å². The van der Waals surface area contributed by atoms with Crippen LogP contribution in [0.5, 0.6) is 5.75 Å². The lowest BCUT2D eigenvalue weighted by atomic mass is 9.83. The van der Waals surface area contributed by atoms with Gasteiger partial charge < -0.3 is 10.1 Å². The van der Waals surface area contributed by atoms with Crippen LogP contribution in [0.1, 0.15) is 54.7 Å². The summed E-state index contributed by atoms with van der Waals surface area (Å²) < 4.78 is 5.22. The molecule has 0 unspecified atom stereocenters. The Balaban J connectivity index is 1.73. The van der Waals surface area contributed by atoms with Gasteiger partial charge in [-0.05, 0) is 55.0 Å². The standard InChI is InChI=1S/C21H27NO/c1-16-8-13-21(20(14-16)18-6-4-3-5-7-18)22-15-17-9-11-19(23-2)12-10-17/h8-14,18,22H,3-7,15H2,1-2H3. The molecule has 0 saturated heterocycles. The Hall–Kier alpha value is -1.96. The highest BCUT2D eigenvalue weighted by Gasteiger charge is 2.18. The lowest BCUT2D eigenvalue weighted by Crippen LogP contribution is -2.09. The van der Waals surface area contributed by atoms with Crippen LogP contribution >= 0.6 is 0 Å². The zero-order chi connectivity index (χ0) is 16.1. The predicted octanol–water partition coefficient (Wildman–Crippen LogP) is 5.66. The van der Waals surface area contributed by atoms with Crippen molar-refractivity contribution in [3.63, 3.8) is 0 Å². The summed E-state index contributed by atoms with van der Waals surface area (Å²) in [6, 6.07) is 15.1. The van der Waals surface area contributed by atoms with E-state index in [2.05, 4.69) is 42.6 Å². The third kappa shape index (κ3) is 4.07. The average Bonchev–Trinajstić information content (AvgIpc) is 2.62. The molecular formula is C21H27NO. The van der Waals surface area contributed by atoms with Gasteiger partial charge in [0.25, 0.3) is 0 Å². The summed E-state index contributed by atoms with van der Waals surface area (Å²) in [5.74, 6) is 1.63. The maximum atomic E-state index is 5.22. The van der Waals surface area contributed by atoms with E-state index in [1.807, 2.05) is 12.1 Å². The fourth-order valence-electron chi connectivity index (χ4n) is 3.54. The van der Waals surface area contributed by atoms with Crippen LogP contribution in [-0.4, -0.2) is 7.11 Å². The molecule has 2 heteroatoms. The maximum absolute atomic E-state index is 5.22. The summed E-state index contributed by atoms with van der Waals surface area (Å²) in [7, 11) is 1.70. The number of aryl methyl sites for hydroxylation is 1. The molecule has 0 bridgehead atoms. The Morgan fingerprint density at radius 1 is 1.00 bits per heavy atom. The van der Waals surface area contributed by atoms with Gasteiger partial charge in [0.15, 0.2) is 0 Å². The minimum Gasteiger partial charge on any atom is -0.497 e. The fraction of sp³-hybridized carbons (Fsp3) is 0.429. The second-order valence-corrected chi connectivity index (χ2v) is 6.63. The summed E-state index contributed by atoms with van der Waals surface area (Å²) in [6.45, 7) is 3.05. The van der Waals surface area contributed by atoms with Crippen molar-refractivity contribution in [2.45, 2.75) is 51.5 Å². The normalized spacial score (nSPS) is 15.4. The second kappa shape index (κ2) is 7.54. The van der Waals surface area contributed by atoms with Gasteiger partial charge in [0.05, 0.1) is 7.11 Å². The van der Waals surface area contributed by atoms with Crippen molar-refractivity contribution in [1.82, 2.24) is 0 Å². The fourth-order valence-corrected chi connectivity index (χ4v) is 3.54. The van der Waals surface area contributed by atoms with Gasteiger partial charge in [-0.2, -0.15) is 0 Å². The first-order chi connectivity index (χ1) is 11.3. The molecule has 0 amide bonds. The van der Waals surface area contributed by atoms with Crippen molar-refractivity contribution < 1.29 is 4.74 Å². The monoisotopic (exact) mass is 309 g/mol. The molecule has 0 atom stereocenters. The molecule has 2 aromatic rings. The van der Waals surface area contributed by atoms with E-state index >= 15 is 0 Å². The summed E-state index contributed by atoms with van der Waals surface area (Å²) in [5.41, 5.74) is 5.46. The molecule has 0 aromatic heterocycles. The second-order valence-electron chi connectivity index (χ2n) is 6.63. The van der Waals surface area contributed by atoms with Crippen molar-refractivity contribution in [2.75, 3.05) is 12.4 Å². The van der Waals surface area contributed by atoms with Gasteiger partial charge in [0.1, 0.15) is 5.75 Å². The smallest absolute Gasteiger partial charge is 0.118 e. The third-order valence-electron chi connectivity index (χ3n) is 4.89. The topological polar surface area (TPSA) is 21.3 Å². The van der Waals surface area contributed by atoms with Gasteiger partial charge in [-0.25, -0.2) is 0 Å². The van der Waals surface area contributed by atoms with Crippen molar-refractivity contribution in [2.24, 2.45) is 0 Å². The first-order valence-electron chi connectivity index (χ1n) is 8.73. The molecule has 1 aliphatic carbocycles. The van der Waals surface area contributed by atoms with E-state index in [1.165, 1.54) is 54.5 Å². The zero-order valence-electron chi connectivity index (χ0n) is 14.3. The largest absolute Gasteiger partial charge is 0.497 e. The number of ether oxygens (including phenoxy) is 1. The van der Waals surface area contributed by atoms with Crippen molar-refractivity contribution in [3.8, 4) is 5.75 Å². The Kier molecular flexibility index (Phi) is 5.22. The van der Waals surface area contributed by atoms with Gasteiger partial charge >= 0.3 is 0 Å². The van der Waals surface area contributed by atoms with Crippen LogP contribution in [0.3, 0.4) is 0 Å². The molecule has 1 N–H and O–H groups in total. The van der Waals surface area contributed by atoms with Gasteiger partial charge in [0.2, 0.25) is 0 Å². The molecule has 2 nitrogen and oxygen atoms in total. The lowest BCUT2D eigenvalue weighted by molar-refractivity contribution is 0.414. The van der Waals surface area contributed by atoms with Crippen LogP contribution in [0.4, 0.5) is 5.69 Å². The molecule has 1 aliphatic rings. The number of nitrogens with one attached hydrogen (secondary N) is 1. The SMILES string of the molecule is COc1ccc(CNc2ccc(C)cc2C2CCCCC2)cc1. The number of rotatable bonds is 5. The molecule has 0 aliphatic heterocycles. The van der Waals surface area contributed by atoms with Gasteiger partial charge in [-0.3, -0.25) is 0 Å². The van der Waals surface area contributed by atoms with E-state index in [1.54, 1.807) is 7.11 Å². The Labute approximate surface area is 139 Å². The highest BCUT2D eigenvalue weighted by Crippen LogP contribution is 2.37. The third-order valence-corrected chi connectivity index (χ3v) is 4.89. The minimum atomic E-state index is 0.724. The number of methoxy groups -OCH3 is 1. The van der Waals surface area contributed by atoms with Crippen LogP contribution in [0.2, 0.25) is 0 Å². The molecule has 0 spiro atoms. The highest BCUT2D eigenvalue weighted by molar-refractivity contribution is 5.55. The molecule has 1 saturated carbocycles. The minimum absolute atomic E-state index is 0.724. The summed E-state index contributed by atoms with van der Waals surface area (Å²) in [6.07, 6.45) is 6.81. The number of anilines is 1. The van der Waals surface area contributed by atoms with E-state index < -0.39 is 0 Å². The number of hydrogen-bond acceptors (Lipinski definition) is 2. The van der Waals surface area contributed by atoms with Crippen LogP contribution in [0.25, 0.3) is 0 Å². The van der Waals surface area contributed by atoms with Crippen LogP contribution < -0.4 is 10.1 Å². The molecule has 0 radical (unpaired) electrons. The van der Waals surface area contributed by atoms with Crippen LogP contribution in [-0.2, 0) is 6.54 Å². The molecule has 1 fully saturated rings. The molecule has 122 valence electrons. The zero-order valence-corrected chi connectivity index (χ0v) is 14.3. The lowest BCUT2D eigenvalue weighted by Gasteiger charge is -2.25. The van der Waals surface area contributed by atoms with E-state index in [9.17, 15) is 0 Å². The van der Waals surface area contributed by atoms with E-state index in [0.29, 0.717) is 0 Å². The van der Waals surface area contributed by atoms with E-state index in [4.69, 9.17) is 4.74 Å². The quantitative estimate of drug-likeness (QED) is 0.769. The van der Waals surface area contributed by atoms with Crippen molar-refractivity contribution in [3.05, 3.63) is 59.2 Å². The highest BCUT2D eigenvalue weighted by atomic mass is 16.5. The summed E-state index contributed by atoms with van der Waals surface area (Å²) in [5, 5.41) is 3.65. The van der Waals surface area contributed by atoms with Crippen molar-refractivity contribution >= 4 is 5.69 Å². The van der Waals surface area contributed by atoms with Gasteiger partial charge in [-0.1, -0.05) is 49.1 Å². The van der Waals surface area contributed by atoms with Crippen LogP contribution in [0.15, 0.2) is 42.5 Å². The summed E-state index contributed by atoms with van der Waals surface area (Å²) in [4.78, 5) is 0. The molecule has 3 rings (SSSR count). The number of benzene rings is 2. The van der Waals surface area contributed by atoms with Gasteiger partial charge in [-0.15, -0.1) is 0 Å². The van der Waals surface area contributed by atoms with Crippen molar-refractivity contribution in [1.29, 1.82) is 0 Å². The predicted molar refractivity (Wildman–Crippen MR) is 97.3 cm³/mol. The first-order valence-corrected chi connectivity index (χ1v) is 8.73. The number of hydrogen-bond donors (Lipinski definition) is 1. The van der Waals surface area contributed by atoms with E-state index in [-0.39, 0.29) is 0 Å². The molecular weight excluding hydrogens is 282 g/mol. The van der Waals surface area contributed by atoms with Crippen LogP contribution in [0, 0.1) is 6.92 Å². The first kappa shape index (κ1) is 15.9. The molecule has 23 heavy (non-hydrogen) atoms.